The van der Waals surface area contributed by atoms with Gasteiger partial charge < -0.3 is 15.1 Å². The lowest BCUT2D eigenvalue weighted by Gasteiger charge is -2.27. The summed E-state index contributed by atoms with van der Waals surface area (Å²) in [6.07, 6.45) is 0. The molecular weight excluding hydrogens is 448 g/mol. The van der Waals surface area contributed by atoms with Gasteiger partial charge in [0.25, 0.3) is 0 Å². The number of rotatable bonds is 10. The maximum absolute atomic E-state index is 4.90. The summed E-state index contributed by atoms with van der Waals surface area (Å²) < 4.78 is 1.20. The Bertz CT molecular complexity index is 1180. The van der Waals surface area contributed by atoms with Gasteiger partial charge in [-0.05, 0) is 100 Å². The Morgan fingerprint density at radius 2 is 1.26 bits per heavy atom. The van der Waals surface area contributed by atoms with Gasteiger partial charge in [0.05, 0.1) is 16.3 Å². The molecule has 0 spiro atoms. The maximum Gasteiger partial charge on any atom is 0.184 e. The molecule has 4 nitrogen and oxygen atoms in total. The van der Waals surface area contributed by atoms with E-state index >= 15 is 0 Å². The first-order valence-electron chi connectivity index (χ1n) is 12.8. The molecule has 4 aromatic rings. The number of nitrogens with one attached hydrogen (secondary N) is 1. The molecule has 0 bridgehead atoms. The third-order valence-electron chi connectivity index (χ3n) is 6.95. The van der Waals surface area contributed by atoms with Crippen LogP contribution >= 0.6 is 11.3 Å². The third kappa shape index (κ3) is 5.30. The van der Waals surface area contributed by atoms with Gasteiger partial charge in [0, 0.05) is 37.6 Å². The summed E-state index contributed by atoms with van der Waals surface area (Å²) in [6, 6.07) is 22.2. The first-order chi connectivity index (χ1) is 17.0. The van der Waals surface area contributed by atoms with Crippen LogP contribution in [0, 0.1) is 13.8 Å². The molecule has 0 saturated carbocycles. The van der Waals surface area contributed by atoms with Crippen LogP contribution < -0.4 is 15.1 Å². The Hall–Kier alpha value is -3.05. The number of anilines is 3. The highest BCUT2D eigenvalue weighted by atomic mass is 32.1. The van der Waals surface area contributed by atoms with Gasteiger partial charge in [-0.15, -0.1) is 0 Å². The average Bonchev–Trinajstić information content (AvgIpc) is 3.27. The van der Waals surface area contributed by atoms with E-state index < -0.39 is 0 Å². The zero-order valence-electron chi connectivity index (χ0n) is 21.9. The SMILES string of the molecule is CCN(CC)c1ccc(C(Nc2nc3ccccc3s2)c2ccc(N(CC)CC)cc2C)c(C)c1. The molecule has 35 heavy (non-hydrogen) atoms. The molecule has 5 heteroatoms. The molecule has 3 aromatic carbocycles. The Balaban J connectivity index is 1.78. The molecule has 0 radical (unpaired) electrons. The van der Waals surface area contributed by atoms with Crippen LogP contribution in [0.2, 0.25) is 0 Å². The second kappa shape index (κ2) is 11.1. The van der Waals surface area contributed by atoms with Gasteiger partial charge in [-0.25, -0.2) is 4.98 Å². The number of fused-ring (bicyclic) bond motifs is 1. The van der Waals surface area contributed by atoms with Crippen molar-refractivity contribution in [2.24, 2.45) is 0 Å². The molecule has 0 aliphatic rings. The molecule has 0 unspecified atom stereocenters. The monoisotopic (exact) mass is 486 g/mol. The van der Waals surface area contributed by atoms with Crippen LogP contribution in [0.1, 0.15) is 56.0 Å². The van der Waals surface area contributed by atoms with Crippen LogP contribution in [0.5, 0.6) is 0 Å². The number of hydrogen-bond donors (Lipinski definition) is 1. The molecule has 0 aliphatic carbocycles. The number of nitrogens with zero attached hydrogens (tertiary/aromatic N) is 3. The van der Waals surface area contributed by atoms with Crippen molar-refractivity contribution in [3.05, 3.63) is 82.9 Å². The van der Waals surface area contributed by atoms with Crippen molar-refractivity contribution in [1.82, 2.24) is 4.98 Å². The third-order valence-corrected chi connectivity index (χ3v) is 7.92. The van der Waals surface area contributed by atoms with Crippen LogP contribution in [-0.2, 0) is 0 Å². The fourth-order valence-electron chi connectivity index (χ4n) is 4.92. The summed E-state index contributed by atoms with van der Waals surface area (Å²) in [6.45, 7) is 17.3. The molecule has 1 heterocycles. The second-order valence-corrected chi connectivity index (χ2v) is 10.0. The van der Waals surface area contributed by atoms with Crippen molar-refractivity contribution in [2.75, 3.05) is 41.3 Å². The highest BCUT2D eigenvalue weighted by molar-refractivity contribution is 7.22. The van der Waals surface area contributed by atoms with Crippen molar-refractivity contribution in [2.45, 2.75) is 47.6 Å². The van der Waals surface area contributed by atoms with Crippen molar-refractivity contribution < 1.29 is 0 Å². The summed E-state index contributed by atoms with van der Waals surface area (Å²) in [7, 11) is 0. The van der Waals surface area contributed by atoms with Crippen molar-refractivity contribution in [3.8, 4) is 0 Å². The molecule has 184 valence electrons. The van der Waals surface area contributed by atoms with Crippen LogP contribution in [0.4, 0.5) is 16.5 Å². The molecule has 0 amide bonds. The predicted molar refractivity (Wildman–Crippen MR) is 155 cm³/mol. The van der Waals surface area contributed by atoms with E-state index in [4.69, 9.17) is 4.98 Å². The van der Waals surface area contributed by atoms with Crippen LogP contribution in [0.3, 0.4) is 0 Å². The lowest BCUT2D eigenvalue weighted by Crippen LogP contribution is -2.23. The molecule has 0 saturated heterocycles. The zero-order chi connectivity index (χ0) is 24.9. The van der Waals surface area contributed by atoms with Crippen LogP contribution in [0.15, 0.2) is 60.7 Å². The fraction of sp³-hybridized carbons (Fsp3) is 0.367. The number of aryl methyl sites for hydroxylation is 2. The predicted octanol–water partition coefficient (Wildman–Crippen LogP) is 7.81. The van der Waals surface area contributed by atoms with Crippen molar-refractivity contribution >= 4 is 38.1 Å². The van der Waals surface area contributed by atoms with Gasteiger partial charge >= 0.3 is 0 Å². The first kappa shape index (κ1) is 25.1. The molecule has 4 rings (SSSR count). The molecule has 1 aromatic heterocycles. The number of hydrogen-bond acceptors (Lipinski definition) is 5. The Morgan fingerprint density at radius 1 is 0.743 bits per heavy atom. The van der Waals surface area contributed by atoms with E-state index in [0.717, 1.165) is 36.8 Å². The number of aromatic nitrogens is 1. The average molecular weight is 487 g/mol. The molecule has 0 aliphatic heterocycles. The minimum Gasteiger partial charge on any atom is -0.372 e. The van der Waals surface area contributed by atoms with Gasteiger partial charge in [-0.3, -0.25) is 0 Å². The largest absolute Gasteiger partial charge is 0.372 e. The van der Waals surface area contributed by atoms with Crippen LogP contribution in [0.25, 0.3) is 10.2 Å². The topological polar surface area (TPSA) is 31.4 Å². The molecule has 1 N–H and O–H groups in total. The minimum absolute atomic E-state index is 0.0204. The molecule has 0 atom stereocenters. The summed E-state index contributed by atoms with van der Waals surface area (Å²) in [5, 5.41) is 4.77. The minimum atomic E-state index is 0.0204. The van der Waals surface area contributed by atoms with E-state index in [9.17, 15) is 0 Å². The van der Waals surface area contributed by atoms with E-state index in [1.54, 1.807) is 11.3 Å². The second-order valence-electron chi connectivity index (χ2n) is 8.99. The van der Waals surface area contributed by atoms with Gasteiger partial charge in [0.15, 0.2) is 5.13 Å². The standard InChI is InChI=1S/C30H38N4S/c1-7-33(8-2)23-15-17-25(21(5)19-23)29(32-30-31-27-13-11-12-14-28(27)35-30)26-18-16-24(20-22(26)6)34(9-3)10-4/h11-20,29H,7-10H2,1-6H3,(H,31,32). The number of para-hydroxylation sites is 1. The number of thiazole rings is 1. The van der Waals surface area contributed by atoms with Gasteiger partial charge in [-0.2, -0.15) is 0 Å². The van der Waals surface area contributed by atoms with Gasteiger partial charge in [0.1, 0.15) is 0 Å². The van der Waals surface area contributed by atoms with Crippen molar-refractivity contribution in [3.63, 3.8) is 0 Å². The Morgan fingerprint density at radius 3 is 1.71 bits per heavy atom. The summed E-state index contributed by atoms with van der Waals surface area (Å²) in [5.41, 5.74) is 8.77. The number of benzene rings is 3. The lowest BCUT2D eigenvalue weighted by molar-refractivity contribution is 0.856. The van der Waals surface area contributed by atoms with Crippen LogP contribution in [-0.4, -0.2) is 31.2 Å². The Labute approximate surface area is 214 Å². The highest BCUT2D eigenvalue weighted by Crippen LogP contribution is 2.36. The summed E-state index contributed by atoms with van der Waals surface area (Å²) in [4.78, 5) is 9.70. The molecular formula is C30H38N4S. The normalized spacial score (nSPS) is 11.3. The van der Waals surface area contributed by atoms with E-state index in [0.29, 0.717) is 0 Å². The van der Waals surface area contributed by atoms with Gasteiger partial charge in [-0.1, -0.05) is 35.6 Å². The maximum atomic E-state index is 4.90. The van der Waals surface area contributed by atoms with Gasteiger partial charge in [0.2, 0.25) is 0 Å². The fourth-order valence-corrected chi connectivity index (χ4v) is 5.81. The van der Waals surface area contributed by atoms with E-state index in [2.05, 4.69) is 117 Å². The van der Waals surface area contributed by atoms with E-state index in [1.165, 1.54) is 38.3 Å². The quantitative estimate of drug-likeness (QED) is 0.248. The zero-order valence-corrected chi connectivity index (χ0v) is 22.7. The smallest absolute Gasteiger partial charge is 0.184 e. The Kier molecular flexibility index (Phi) is 7.97. The summed E-state index contributed by atoms with van der Waals surface area (Å²) in [5.74, 6) is 0. The van der Waals surface area contributed by atoms with Crippen molar-refractivity contribution in [1.29, 1.82) is 0 Å². The first-order valence-corrected chi connectivity index (χ1v) is 13.6. The molecule has 0 fully saturated rings. The highest BCUT2D eigenvalue weighted by Gasteiger charge is 2.21. The van der Waals surface area contributed by atoms with E-state index in [-0.39, 0.29) is 6.04 Å². The lowest BCUT2D eigenvalue weighted by atomic mass is 9.91. The summed E-state index contributed by atoms with van der Waals surface area (Å²) >= 11 is 1.72. The van der Waals surface area contributed by atoms with E-state index in [1.807, 2.05) is 0 Å².